The summed E-state index contributed by atoms with van der Waals surface area (Å²) in [5, 5.41) is 1.10. The van der Waals surface area contributed by atoms with Gasteiger partial charge in [-0.15, -0.1) is 11.6 Å². The molecule has 0 fully saturated rings. The molecule has 0 aliphatic rings. The predicted molar refractivity (Wildman–Crippen MR) is 72.5 cm³/mol. The van der Waals surface area contributed by atoms with E-state index in [1.54, 1.807) is 6.07 Å². The quantitative estimate of drug-likeness (QED) is 0.618. The molecule has 0 aromatic heterocycles. The Hall–Kier alpha value is 0.0500. The van der Waals surface area contributed by atoms with Gasteiger partial charge in [0.25, 0.3) is 0 Å². The molecule has 4 heteroatoms. The van der Waals surface area contributed by atoms with Gasteiger partial charge in [0.1, 0.15) is 0 Å². The van der Waals surface area contributed by atoms with E-state index in [0.717, 1.165) is 24.8 Å². The summed E-state index contributed by atoms with van der Waals surface area (Å²) in [6, 6.07) is 5.50. The topological polar surface area (TPSA) is 26.0 Å². The molecule has 0 saturated heterocycles. The molecule has 0 saturated carbocycles. The first-order chi connectivity index (χ1) is 7.44. The van der Waals surface area contributed by atoms with E-state index < -0.39 is 5.00 Å². The van der Waals surface area contributed by atoms with Gasteiger partial charge >= 0.3 is 0 Å². The van der Waals surface area contributed by atoms with Crippen molar-refractivity contribution in [2.45, 2.75) is 37.6 Å². The van der Waals surface area contributed by atoms with Crippen molar-refractivity contribution in [3.8, 4) is 0 Å². The highest BCUT2D eigenvalue weighted by Gasteiger charge is 2.21. The van der Waals surface area contributed by atoms with E-state index >= 15 is 0 Å². The van der Waals surface area contributed by atoms with Gasteiger partial charge in [-0.2, -0.15) is 0 Å². The first kappa shape index (κ1) is 14.1. The summed E-state index contributed by atoms with van der Waals surface area (Å²) in [6.07, 6.45) is 3.52. The Bertz CT molecular complexity index is 350. The molecule has 1 atom stereocenters. The lowest BCUT2D eigenvalue weighted by Crippen LogP contribution is -2.35. The summed E-state index contributed by atoms with van der Waals surface area (Å²) in [4.78, 5) is -0.687. The molecule has 1 aromatic carbocycles. The van der Waals surface area contributed by atoms with Gasteiger partial charge in [0, 0.05) is 6.42 Å². The summed E-state index contributed by atoms with van der Waals surface area (Å²) in [7, 11) is 0. The van der Waals surface area contributed by atoms with Crippen LogP contribution in [-0.2, 0) is 6.42 Å². The van der Waals surface area contributed by atoms with Crippen molar-refractivity contribution < 1.29 is 0 Å². The SMILES string of the molecule is CCCCC(N)(Cl)Cc1ccc(Cl)c(Cl)c1. The maximum absolute atomic E-state index is 6.24. The maximum Gasteiger partial charge on any atom is 0.0951 e. The molecule has 90 valence electrons. The molecule has 1 unspecified atom stereocenters. The van der Waals surface area contributed by atoms with Gasteiger partial charge in [-0.25, -0.2) is 0 Å². The molecule has 0 bridgehead atoms. The van der Waals surface area contributed by atoms with E-state index in [2.05, 4.69) is 6.92 Å². The fourth-order valence-electron chi connectivity index (χ4n) is 1.55. The van der Waals surface area contributed by atoms with Crippen LogP contribution in [0.15, 0.2) is 18.2 Å². The van der Waals surface area contributed by atoms with E-state index in [4.69, 9.17) is 40.5 Å². The Morgan fingerprint density at radius 3 is 2.50 bits per heavy atom. The lowest BCUT2D eigenvalue weighted by Gasteiger charge is -2.22. The van der Waals surface area contributed by atoms with Crippen molar-refractivity contribution in [3.63, 3.8) is 0 Å². The fourth-order valence-corrected chi connectivity index (χ4v) is 2.16. The molecule has 0 amide bonds. The molecular formula is C12H16Cl3N. The van der Waals surface area contributed by atoms with Crippen LogP contribution in [0.2, 0.25) is 10.0 Å². The van der Waals surface area contributed by atoms with E-state index in [-0.39, 0.29) is 0 Å². The molecule has 1 aromatic rings. The van der Waals surface area contributed by atoms with Gasteiger partial charge in [0.05, 0.1) is 15.0 Å². The lowest BCUT2D eigenvalue weighted by atomic mass is 10.0. The molecule has 2 N–H and O–H groups in total. The van der Waals surface area contributed by atoms with Crippen LogP contribution in [0.4, 0.5) is 0 Å². The largest absolute Gasteiger partial charge is 0.312 e. The zero-order valence-corrected chi connectivity index (χ0v) is 11.5. The average Bonchev–Trinajstić information content (AvgIpc) is 2.20. The Kier molecular flexibility index (Phi) is 5.39. The van der Waals surface area contributed by atoms with Crippen molar-refractivity contribution in [1.82, 2.24) is 0 Å². The number of rotatable bonds is 5. The third-order valence-corrected chi connectivity index (χ3v) is 3.49. The summed E-state index contributed by atoms with van der Waals surface area (Å²) in [5.74, 6) is 0. The van der Waals surface area contributed by atoms with Crippen LogP contribution in [0, 0.1) is 0 Å². The minimum atomic E-state index is -0.687. The van der Waals surface area contributed by atoms with Crippen molar-refractivity contribution in [2.75, 3.05) is 0 Å². The van der Waals surface area contributed by atoms with E-state index in [1.165, 1.54) is 0 Å². The number of hydrogen-bond acceptors (Lipinski definition) is 1. The van der Waals surface area contributed by atoms with E-state index in [1.807, 2.05) is 12.1 Å². The normalized spacial score (nSPS) is 14.8. The monoisotopic (exact) mass is 279 g/mol. The lowest BCUT2D eigenvalue weighted by molar-refractivity contribution is 0.517. The first-order valence-electron chi connectivity index (χ1n) is 5.36. The van der Waals surface area contributed by atoms with Crippen LogP contribution in [0.5, 0.6) is 0 Å². The minimum Gasteiger partial charge on any atom is -0.312 e. The Labute approximate surface area is 112 Å². The number of unbranched alkanes of at least 4 members (excludes halogenated alkanes) is 1. The summed E-state index contributed by atoms with van der Waals surface area (Å²) in [6.45, 7) is 2.12. The third-order valence-electron chi connectivity index (χ3n) is 2.43. The molecule has 0 aliphatic heterocycles. The van der Waals surface area contributed by atoms with Crippen molar-refractivity contribution in [2.24, 2.45) is 5.73 Å². The fraction of sp³-hybridized carbons (Fsp3) is 0.500. The molecule has 0 heterocycles. The number of halogens is 3. The second-order valence-corrected chi connectivity index (χ2v) is 5.63. The van der Waals surface area contributed by atoms with Crippen molar-refractivity contribution in [1.29, 1.82) is 0 Å². The highest BCUT2D eigenvalue weighted by Crippen LogP contribution is 2.27. The summed E-state index contributed by atoms with van der Waals surface area (Å²) < 4.78 is 0. The molecule has 0 radical (unpaired) electrons. The molecule has 0 spiro atoms. The van der Waals surface area contributed by atoms with Crippen LogP contribution < -0.4 is 5.73 Å². The number of alkyl halides is 1. The average molecular weight is 281 g/mol. The van der Waals surface area contributed by atoms with Gasteiger partial charge in [-0.05, 0) is 24.1 Å². The molecule has 1 nitrogen and oxygen atoms in total. The standard InChI is InChI=1S/C12H16Cl3N/c1-2-3-6-12(15,16)8-9-4-5-10(13)11(14)7-9/h4-5,7H,2-3,6,8,16H2,1H3. The molecule has 16 heavy (non-hydrogen) atoms. The van der Waals surface area contributed by atoms with Gasteiger partial charge in [-0.1, -0.05) is 49.0 Å². The van der Waals surface area contributed by atoms with Crippen LogP contribution in [0.3, 0.4) is 0 Å². The highest BCUT2D eigenvalue weighted by atomic mass is 35.5. The zero-order chi connectivity index (χ0) is 12.2. The van der Waals surface area contributed by atoms with Gasteiger partial charge in [0.15, 0.2) is 0 Å². The number of nitrogens with two attached hydrogens (primary N) is 1. The Morgan fingerprint density at radius 2 is 1.94 bits per heavy atom. The maximum atomic E-state index is 6.24. The number of hydrogen-bond donors (Lipinski definition) is 1. The molecular weight excluding hydrogens is 264 g/mol. The molecule has 1 rings (SSSR count). The minimum absolute atomic E-state index is 0.544. The summed E-state index contributed by atoms with van der Waals surface area (Å²) >= 11 is 18.0. The van der Waals surface area contributed by atoms with Gasteiger partial charge in [-0.3, -0.25) is 0 Å². The highest BCUT2D eigenvalue weighted by molar-refractivity contribution is 6.42. The van der Waals surface area contributed by atoms with E-state index in [0.29, 0.717) is 16.5 Å². The zero-order valence-electron chi connectivity index (χ0n) is 9.27. The second-order valence-electron chi connectivity index (χ2n) is 4.06. The van der Waals surface area contributed by atoms with Gasteiger partial charge in [0.2, 0.25) is 0 Å². The second kappa shape index (κ2) is 6.11. The van der Waals surface area contributed by atoms with Crippen LogP contribution in [0.25, 0.3) is 0 Å². The van der Waals surface area contributed by atoms with Crippen LogP contribution >= 0.6 is 34.8 Å². The predicted octanol–water partition coefficient (Wildman–Crippen LogP) is 4.62. The molecule has 0 aliphatic carbocycles. The van der Waals surface area contributed by atoms with E-state index in [9.17, 15) is 0 Å². The van der Waals surface area contributed by atoms with Crippen LogP contribution in [0.1, 0.15) is 31.7 Å². The smallest absolute Gasteiger partial charge is 0.0951 e. The Morgan fingerprint density at radius 1 is 1.25 bits per heavy atom. The van der Waals surface area contributed by atoms with Crippen molar-refractivity contribution >= 4 is 34.8 Å². The number of benzene rings is 1. The van der Waals surface area contributed by atoms with Crippen LogP contribution in [-0.4, -0.2) is 5.00 Å². The van der Waals surface area contributed by atoms with Crippen molar-refractivity contribution in [3.05, 3.63) is 33.8 Å². The van der Waals surface area contributed by atoms with Gasteiger partial charge < -0.3 is 5.73 Å². The Balaban J connectivity index is 2.68. The summed E-state index contributed by atoms with van der Waals surface area (Å²) in [5.41, 5.74) is 7.03. The first-order valence-corrected chi connectivity index (χ1v) is 6.50. The third kappa shape index (κ3) is 4.50.